The summed E-state index contributed by atoms with van der Waals surface area (Å²) < 4.78 is 26.9. The van der Waals surface area contributed by atoms with Crippen LogP contribution >= 0.6 is 0 Å². The number of hydrogen-bond acceptors (Lipinski definition) is 4. The van der Waals surface area contributed by atoms with Crippen LogP contribution in [-0.2, 0) is 16.6 Å². The molecule has 5 nitrogen and oxygen atoms in total. The van der Waals surface area contributed by atoms with Crippen LogP contribution in [0.1, 0.15) is 26.0 Å². The zero-order valence-electron chi connectivity index (χ0n) is 8.86. The molecule has 0 aromatic carbocycles. The summed E-state index contributed by atoms with van der Waals surface area (Å²) in [5.41, 5.74) is 0. The fourth-order valence-electron chi connectivity index (χ4n) is 1.03. The zero-order chi connectivity index (χ0) is 11.5. The van der Waals surface area contributed by atoms with Crippen molar-refractivity contribution in [1.82, 2.24) is 5.32 Å². The molecule has 1 aromatic heterocycles. The smallest absolute Gasteiger partial charge is 0.271 e. The maximum atomic E-state index is 10.9. The van der Waals surface area contributed by atoms with Crippen molar-refractivity contribution >= 4 is 10.0 Å². The Morgan fingerprint density at radius 3 is 2.67 bits per heavy atom. The Labute approximate surface area is 89.7 Å². The van der Waals surface area contributed by atoms with Crippen LogP contribution in [0.2, 0.25) is 0 Å². The third-order valence-electron chi connectivity index (χ3n) is 2.15. The van der Waals surface area contributed by atoms with E-state index < -0.39 is 10.0 Å². The lowest BCUT2D eigenvalue weighted by molar-refractivity contribution is 0.390. The lowest BCUT2D eigenvalue weighted by atomic mass is 10.2. The molecule has 1 heterocycles. The highest BCUT2D eigenvalue weighted by atomic mass is 32.2. The second-order valence-electron chi connectivity index (χ2n) is 3.46. The average molecular weight is 232 g/mol. The van der Waals surface area contributed by atoms with Crippen LogP contribution in [0.25, 0.3) is 0 Å². The summed E-state index contributed by atoms with van der Waals surface area (Å²) in [6.45, 7) is 4.61. The highest BCUT2D eigenvalue weighted by Crippen LogP contribution is 2.12. The molecule has 1 aromatic rings. The summed E-state index contributed by atoms with van der Waals surface area (Å²) in [6.07, 6.45) is 1.00. The van der Waals surface area contributed by atoms with Crippen molar-refractivity contribution in [2.45, 2.75) is 37.9 Å². The first kappa shape index (κ1) is 12.2. The zero-order valence-corrected chi connectivity index (χ0v) is 9.67. The maximum absolute atomic E-state index is 10.9. The molecule has 1 atom stereocenters. The molecule has 0 spiro atoms. The number of sulfonamides is 1. The summed E-state index contributed by atoms with van der Waals surface area (Å²) in [7, 11) is -3.72. The Kier molecular flexibility index (Phi) is 3.90. The third-order valence-corrected chi connectivity index (χ3v) is 2.93. The van der Waals surface area contributed by atoms with Gasteiger partial charge < -0.3 is 9.73 Å². The second kappa shape index (κ2) is 4.78. The predicted octanol–water partition coefficient (Wildman–Crippen LogP) is 0.815. The van der Waals surface area contributed by atoms with Crippen molar-refractivity contribution in [3.05, 3.63) is 17.9 Å². The van der Waals surface area contributed by atoms with E-state index in [9.17, 15) is 8.42 Å². The number of nitrogens with two attached hydrogens (primary N) is 1. The molecule has 0 aliphatic heterocycles. The topological polar surface area (TPSA) is 85.3 Å². The first-order valence-corrected chi connectivity index (χ1v) is 6.33. The van der Waals surface area contributed by atoms with Crippen molar-refractivity contribution < 1.29 is 12.8 Å². The number of rotatable bonds is 5. The Hall–Kier alpha value is -0.850. The lowest BCUT2D eigenvalue weighted by Crippen LogP contribution is -2.24. The van der Waals surface area contributed by atoms with E-state index >= 15 is 0 Å². The quantitative estimate of drug-likeness (QED) is 0.786. The molecule has 0 aliphatic rings. The van der Waals surface area contributed by atoms with Gasteiger partial charge in [-0.2, -0.15) is 0 Å². The fraction of sp³-hybridized carbons (Fsp3) is 0.556. The van der Waals surface area contributed by atoms with Gasteiger partial charge in [-0.05, 0) is 25.5 Å². The van der Waals surface area contributed by atoms with Crippen LogP contribution in [0.5, 0.6) is 0 Å². The Bertz CT molecular complexity index is 411. The summed E-state index contributed by atoms with van der Waals surface area (Å²) >= 11 is 0. The Morgan fingerprint density at radius 1 is 1.53 bits per heavy atom. The average Bonchev–Trinajstić information content (AvgIpc) is 2.61. The highest BCUT2D eigenvalue weighted by Gasteiger charge is 2.13. The van der Waals surface area contributed by atoms with Gasteiger partial charge in [-0.1, -0.05) is 6.92 Å². The molecule has 1 rings (SSSR count). The van der Waals surface area contributed by atoms with E-state index in [1.807, 2.05) is 6.92 Å². The minimum Gasteiger partial charge on any atom is -0.447 e. The summed E-state index contributed by atoms with van der Waals surface area (Å²) in [4.78, 5) is 0. The van der Waals surface area contributed by atoms with Crippen LogP contribution in [-0.4, -0.2) is 14.5 Å². The summed E-state index contributed by atoms with van der Waals surface area (Å²) in [5, 5.41) is 7.90. The molecular weight excluding hydrogens is 216 g/mol. The third kappa shape index (κ3) is 3.65. The van der Waals surface area contributed by atoms with Crippen LogP contribution in [0.3, 0.4) is 0 Å². The van der Waals surface area contributed by atoms with Gasteiger partial charge in [-0.15, -0.1) is 0 Å². The molecule has 0 bridgehead atoms. The highest BCUT2D eigenvalue weighted by molar-refractivity contribution is 7.89. The van der Waals surface area contributed by atoms with Gasteiger partial charge in [0.15, 0.2) is 0 Å². The molecule has 86 valence electrons. The van der Waals surface area contributed by atoms with Gasteiger partial charge >= 0.3 is 0 Å². The van der Waals surface area contributed by atoms with Gasteiger partial charge in [0.05, 0.1) is 6.54 Å². The van der Waals surface area contributed by atoms with E-state index in [4.69, 9.17) is 9.56 Å². The Balaban J connectivity index is 2.62. The minimum atomic E-state index is -3.72. The molecule has 15 heavy (non-hydrogen) atoms. The van der Waals surface area contributed by atoms with Crippen molar-refractivity contribution in [1.29, 1.82) is 0 Å². The van der Waals surface area contributed by atoms with Gasteiger partial charge in [0, 0.05) is 6.04 Å². The largest absolute Gasteiger partial charge is 0.447 e. The molecule has 3 N–H and O–H groups in total. The van der Waals surface area contributed by atoms with E-state index in [1.54, 1.807) is 6.07 Å². The van der Waals surface area contributed by atoms with Crippen LogP contribution < -0.4 is 10.5 Å². The van der Waals surface area contributed by atoms with Crippen LogP contribution in [0, 0.1) is 0 Å². The summed E-state index contributed by atoms with van der Waals surface area (Å²) in [5.74, 6) is 0.569. The molecular formula is C9H16N2O3S. The van der Waals surface area contributed by atoms with E-state index in [0.29, 0.717) is 18.3 Å². The van der Waals surface area contributed by atoms with Crippen molar-refractivity contribution in [2.24, 2.45) is 5.14 Å². The fourth-order valence-corrected chi connectivity index (χ4v) is 1.51. The van der Waals surface area contributed by atoms with Gasteiger partial charge in [0.1, 0.15) is 5.76 Å². The van der Waals surface area contributed by atoms with Gasteiger partial charge in [0.25, 0.3) is 10.0 Å². The van der Waals surface area contributed by atoms with Crippen LogP contribution in [0.4, 0.5) is 0 Å². The van der Waals surface area contributed by atoms with Crippen molar-refractivity contribution in [3.8, 4) is 0 Å². The number of primary sulfonamides is 1. The van der Waals surface area contributed by atoms with Crippen molar-refractivity contribution in [3.63, 3.8) is 0 Å². The Morgan fingerprint density at radius 2 is 2.20 bits per heavy atom. The van der Waals surface area contributed by atoms with E-state index in [2.05, 4.69) is 12.2 Å². The van der Waals surface area contributed by atoms with Gasteiger partial charge in [0.2, 0.25) is 5.09 Å². The molecule has 1 unspecified atom stereocenters. The minimum absolute atomic E-state index is 0.191. The molecule has 6 heteroatoms. The molecule has 0 saturated heterocycles. The van der Waals surface area contributed by atoms with E-state index in [1.165, 1.54) is 6.07 Å². The van der Waals surface area contributed by atoms with Gasteiger partial charge in [-0.3, -0.25) is 0 Å². The molecule has 0 fully saturated rings. The number of furan rings is 1. The van der Waals surface area contributed by atoms with Gasteiger partial charge in [-0.25, -0.2) is 13.6 Å². The molecule has 0 radical (unpaired) electrons. The maximum Gasteiger partial charge on any atom is 0.271 e. The SMILES string of the molecule is CCC(C)NCc1ccc(S(N)(=O)=O)o1. The number of nitrogens with one attached hydrogen (secondary N) is 1. The second-order valence-corrected chi connectivity index (χ2v) is 4.95. The molecule has 0 aliphatic carbocycles. The van der Waals surface area contributed by atoms with Crippen LogP contribution in [0.15, 0.2) is 21.6 Å². The van der Waals surface area contributed by atoms with E-state index in [-0.39, 0.29) is 5.09 Å². The van der Waals surface area contributed by atoms with E-state index in [0.717, 1.165) is 6.42 Å². The lowest BCUT2D eigenvalue weighted by Gasteiger charge is -2.08. The first-order valence-electron chi connectivity index (χ1n) is 4.78. The van der Waals surface area contributed by atoms with Crippen molar-refractivity contribution in [2.75, 3.05) is 0 Å². The predicted molar refractivity (Wildman–Crippen MR) is 56.7 cm³/mol. The molecule has 0 saturated carbocycles. The first-order chi connectivity index (χ1) is 6.93. The summed E-state index contributed by atoms with van der Waals surface area (Å²) in [6, 6.07) is 3.34. The molecule has 0 amide bonds. The normalized spacial score (nSPS) is 14.1. The standard InChI is InChI=1S/C9H16N2O3S/c1-3-7(2)11-6-8-4-5-9(14-8)15(10,12)13/h4-5,7,11H,3,6H2,1-2H3,(H2,10,12,13). The number of hydrogen-bond donors (Lipinski definition) is 2. The monoisotopic (exact) mass is 232 g/mol.